The van der Waals surface area contributed by atoms with Crippen LogP contribution in [0.3, 0.4) is 0 Å². The van der Waals surface area contributed by atoms with Crippen molar-refractivity contribution < 1.29 is 4.39 Å². The summed E-state index contributed by atoms with van der Waals surface area (Å²) in [6.45, 7) is 0. The Kier molecular flexibility index (Phi) is 3.76. The van der Waals surface area contributed by atoms with Gasteiger partial charge in [-0.15, -0.1) is 0 Å². The third-order valence-corrected chi connectivity index (χ3v) is 2.52. The van der Waals surface area contributed by atoms with Crippen molar-refractivity contribution in [3.05, 3.63) is 36.3 Å². The van der Waals surface area contributed by atoms with Crippen LogP contribution in [-0.4, -0.2) is 24.1 Å². The maximum atomic E-state index is 13.5. The van der Waals surface area contributed by atoms with E-state index in [-0.39, 0.29) is 11.8 Å². The minimum absolute atomic E-state index is 0.0700. The molecule has 0 aliphatic rings. The molecule has 0 aliphatic carbocycles. The van der Waals surface area contributed by atoms with Gasteiger partial charge in [-0.25, -0.2) is 15.2 Å². The Hall–Kier alpha value is -2.41. The molecule has 0 saturated heterocycles. The average Bonchev–Trinajstić information content (AvgIpc) is 2.42. The molecule has 2 rings (SSSR count). The lowest BCUT2D eigenvalue weighted by molar-refractivity contribution is 0.619. The first-order valence-corrected chi connectivity index (χ1v) is 5.63. The van der Waals surface area contributed by atoms with E-state index in [0.29, 0.717) is 0 Å². The van der Waals surface area contributed by atoms with Crippen LogP contribution in [0.5, 0.6) is 0 Å². The molecule has 0 fully saturated rings. The summed E-state index contributed by atoms with van der Waals surface area (Å²) in [5.74, 6) is 4.86. The van der Waals surface area contributed by atoms with E-state index in [1.807, 2.05) is 43.3 Å². The maximum absolute atomic E-state index is 13.5. The molecule has 4 N–H and O–H groups in total. The number of rotatable bonds is 4. The second kappa shape index (κ2) is 5.49. The number of hydrogen-bond acceptors (Lipinski definition) is 6. The molecule has 0 aliphatic heterocycles. The van der Waals surface area contributed by atoms with E-state index < -0.39 is 5.82 Å². The number of nitrogens with two attached hydrogens (primary N) is 1. The molecule has 7 heteroatoms. The highest BCUT2D eigenvalue weighted by molar-refractivity contribution is 5.61. The molecule has 0 bridgehead atoms. The minimum atomic E-state index is -0.546. The van der Waals surface area contributed by atoms with Gasteiger partial charge >= 0.3 is 0 Å². The molecule has 0 spiro atoms. The molecule has 0 unspecified atom stereocenters. The van der Waals surface area contributed by atoms with Gasteiger partial charge in [0.25, 0.3) is 0 Å². The number of nitrogens with zero attached hydrogens (tertiary/aromatic N) is 3. The number of anilines is 4. The van der Waals surface area contributed by atoms with Crippen LogP contribution in [0.15, 0.2) is 30.5 Å². The van der Waals surface area contributed by atoms with Crippen molar-refractivity contribution in [1.29, 1.82) is 0 Å². The molecular weight excluding hydrogens is 247 g/mol. The molecule has 0 amide bonds. The van der Waals surface area contributed by atoms with Gasteiger partial charge in [0.2, 0.25) is 5.95 Å². The quantitative estimate of drug-likeness (QED) is 0.575. The lowest BCUT2D eigenvalue weighted by atomic mass is 10.2. The molecular formula is C12H15FN6. The molecule has 0 atom stereocenters. The number of aromatic nitrogens is 2. The summed E-state index contributed by atoms with van der Waals surface area (Å²) in [5, 5.41) is 2.87. The van der Waals surface area contributed by atoms with E-state index >= 15 is 0 Å². The summed E-state index contributed by atoms with van der Waals surface area (Å²) in [6, 6.07) is 7.52. The second-order valence-corrected chi connectivity index (χ2v) is 4.10. The molecule has 6 nitrogen and oxygen atoms in total. The summed E-state index contributed by atoms with van der Waals surface area (Å²) in [7, 11) is 3.90. The molecule has 100 valence electrons. The molecule has 2 aromatic rings. The zero-order valence-corrected chi connectivity index (χ0v) is 10.7. The van der Waals surface area contributed by atoms with Gasteiger partial charge in [-0.2, -0.15) is 4.98 Å². The standard InChI is InChI=1S/C12H15FN6/c1-19(2)9-5-3-8(4-6-9)16-11-10(13)7-15-12(17-11)18-14/h3-7H,14H2,1-2H3,(H2,15,16,17,18). The fourth-order valence-electron chi connectivity index (χ4n) is 1.50. The highest BCUT2D eigenvalue weighted by Crippen LogP contribution is 2.21. The monoisotopic (exact) mass is 262 g/mol. The highest BCUT2D eigenvalue weighted by atomic mass is 19.1. The summed E-state index contributed by atoms with van der Waals surface area (Å²) in [6.07, 6.45) is 1.05. The third kappa shape index (κ3) is 3.08. The minimum Gasteiger partial charge on any atom is -0.378 e. The Morgan fingerprint density at radius 3 is 2.47 bits per heavy atom. The van der Waals surface area contributed by atoms with E-state index in [1.165, 1.54) is 0 Å². The highest BCUT2D eigenvalue weighted by Gasteiger charge is 2.06. The lowest BCUT2D eigenvalue weighted by Crippen LogP contribution is -2.12. The van der Waals surface area contributed by atoms with Crippen LogP contribution in [0.4, 0.5) is 27.5 Å². The number of nitrogens with one attached hydrogen (secondary N) is 2. The molecule has 1 heterocycles. The van der Waals surface area contributed by atoms with Gasteiger partial charge < -0.3 is 10.2 Å². The van der Waals surface area contributed by atoms with Crippen LogP contribution in [0.25, 0.3) is 0 Å². The van der Waals surface area contributed by atoms with Crippen molar-refractivity contribution in [3.63, 3.8) is 0 Å². The van der Waals surface area contributed by atoms with Crippen molar-refractivity contribution in [1.82, 2.24) is 9.97 Å². The number of nitrogen functional groups attached to an aromatic ring is 1. The van der Waals surface area contributed by atoms with Crippen molar-refractivity contribution in [2.75, 3.05) is 29.7 Å². The van der Waals surface area contributed by atoms with Gasteiger partial charge in [0.1, 0.15) is 0 Å². The van der Waals surface area contributed by atoms with E-state index in [1.54, 1.807) is 0 Å². The SMILES string of the molecule is CN(C)c1ccc(Nc2nc(NN)ncc2F)cc1. The summed E-state index contributed by atoms with van der Waals surface area (Å²) in [4.78, 5) is 9.54. The van der Waals surface area contributed by atoms with Gasteiger partial charge in [0.15, 0.2) is 11.6 Å². The largest absolute Gasteiger partial charge is 0.378 e. The van der Waals surface area contributed by atoms with Gasteiger partial charge in [0, 0.05) is 25.5 Å². The fraction of sp³-hybridized carbons (Fsp3) is 0.167. The van der Waals surface area contributed by atoms with Gasteiger partial charge in [-0.05, 0) is 24.3 Å². The van der Waals surface area contributed by atoms with Crippen molar-refractivity contribution >= 4 is 23.1 Å². The number of hydrazine groups is 1. The van der Waals surface area contributed by atoms with Crippen LogP contribution in [0.1, 0.15) is 0 Å². The van der Waals surface area contributed by atoms with Crippen LogP contribution < -0.4 is 21.5 Å². The van der Waals surface area contributed by atoms with E-state index in [0.717, 1.165) is 17.6 Å². The zero-order valence-electron chi connectivity index (χ0n) is 10.7. The van der Waals surface area contributed by atoms with Crippen molar-refractivity contribution in [2.45, 2.75) is 0 Å². The molecule has 0 saturated carbocycles. The van der Waals surface area contributed by atoms with Crippen LogP contribution in [0, 0.1) is 5.82 Å². The Balaban J connectivity index is 2.20. The van der Waals surface area contributed by atoms with E-state index in [2.05, 4.69) is 20.7 Å². The zero-order chi connectivity index (χ0) is 13.8. The Bertz CT molecular complexity index is 555. The predicted octanol–water partition coefficient (Wildman–Crippen LogP) is 1.71. The topological polar surface area (TPSA) is 79.1 Å². The average molecular weight is 262 g/mol. The Labute approximate surface area is 110 Å². The summed E-state index contributed by atoms with van der Waals surface area (Å²) >= 11 is 0. The molecule has 19 heavy (non-hydrogen) atoms. The summed E-state index contributed by atoms with van der Waals surface area (Å²) in [5.41, 5.74) is 4.05. The number of benzene rings is 1. The first-order chi connectivity index (χ1) is 9.10. The Morgan fingerprint density at radius 1 is 1.21 bits per heavy atom. The van der Waals surface area contributed by atoms with E-state index in [9.17, 15) is 4.39 Å². The first-order valence-electron chi connectivity index (χ1n) is 5.63. The second-order valence-electron chi connectivity index (χ2n) is 4.10. The normalized spacial score (nSPS) is 10.1. The Morgan fingerprint density at radius 2 is 1.89 bits per heavy atom. The van der Waals surface area contributed by atoms with Crippen LogP contribution in [0.2, 0.25) is 0 Å². The lowest BCUT2D eigenvalue weighted by Gasteiger charge is -2.13. The van der Waals surface area contributed by atoms with Crippen LogP contribution in [-0.2, 0) is 0 Å². The molecule has 0 radical (unpaired) electrons. The van der Waals surface area contributed by atoms with Gasteiger partial charge in [-0.1, -0.05) is 0 Å². The first kappa shape index (κ1) is 13.0. The molecule has 1 aromatic heterocycles. The van der Waals surface area contributed by atoms with Gasteiger partial charge in [0.05, 0.1) is 6.20 Å². The molecule has 1 aromatic carbocycles. The van der Waals surface area contributed by atoms with E-state index in [4.69, 9.17) is 5.84 Å². The summed E-state index contributed by atoms with van der Waals surface area (Å²) < 4.78 is 13.5. The van der Waals surface area contributed by atoms with Crippen LogP contribution >= 0.6 is 0 Å². The number of hydrogen-bond donors (Lipinski definition) is 3. The van der Waals surface area contributed by atoms with Crippen molar-refractivity contribution in [2.24, 2.45) is 5.84 Å². The smallest absolute Gasteiger partial charge is 0.239 e. The van der Waals surface area contributed by atoms with Gasteiger partial charge in [-0.3, -0.25) is 5.43 Å². The number of halogens is 1. The third-order valence-electron chi connectivity index (χ3n) is 2.52. The van der Waals surface area contributed by atoms with Crippen molar-refractivity contribution in [3.8, 4) is 0 Å². The fourth-order valence-corrected chi connectivity index (χ4v) is 1.50. The predicted molar refractivity (Wildman–Crippen MR) is 73.9 cm³/mol. The maximum Gasteiger partial charge on any atom is 0.239 e.